The fraction of sp³-hybridized carbons (Fsp3) is 0.500. The summed E-state index contributed by atoms with van der Waals surface area (Å²) in [4.78, 5) is 14.1. The maximum Gasteiger partial charge on any atom is 0.255 e. The fourth-order valence-corrected chi connectivity index (χ4v) is 3.45. The van der Waals surface area contributed by atoms with E-state index in [0.29, 0.717) is 19.0 Å². The van der Waals surface area contributed by atoms with E-state index in [9.17, 15) is 13.2 Å². The summed E-state index contributed by atoms with van der Waals surface area (Å²) < 4.78 is 23.1. The lowest BCUT2D eigenvalue weighted by atomic mass is 10.0. The third-order valence-electron chi connectivity index (χ3n) is 3.69. The Bertz CT molecular complexity index is 598. The summed E-state index contributed by atoms with van der Waals surface area (Å²) in [5, 5.41) is 5.17. The number of rotatable bonds is 4. The zero-order valence-corrected chi connectivity index (χ0v) is 12.4. The first kappa shape index (κ1) is 15.0. The number of amides is 1. The summed E-state index contributed by atoms with van der Waals surface area (Å²) in [6, 6.07) is 6.12. The SMILES string of the molecule is CCCC1CCN(C(=O)c2ccccc2S(N)(=O)=O)C1. The molecule has 1 heterocycles. The summed E-state index contributed by atoms with van der Waals surface area (Å²) in [5.41, 5.74) is 0.173. The van der Waals surface area contributed by atoms with Crippen molar-refractivity contribution >= 4 is 15.9 Å². The number of primary sulfonamides is 1. The van der Waals surface area contributed by atoms with Crippen LogP contribution < -0.4 is 5.14 Å². The molecule has 1 aromatic carbocycles. The second kappa shape index (κ2) is 5.93. The quantitative estimate of drug-likeness (QED) is 0.916. The van der Waals surface area contributed by atoms with Crippen molar-refractivity contribution in [1.82, 2.24) is 4.90 Å². The predicted molar refractivity (Wildman–Crippen MR) is 76.7 cm³/mol. The van der Waals surface area contributed by atoms with E-state index in [1.165, 1.54) is 12.1 Å². The molecule has 0 spiro atoms. The monoisotopic (exact) mass is 296 g/mol. The highest BCUT2D eigenvalue weighted by Gasteiger charge is 2.29. The molecule has 1 saturated heterocycles. The standard InChI is InChI=1S/C14H20N2O3S/c1-2-5-11-8-9-16(10-11)14(17)12-6-3-4-7-13(12)20(15,18)19/h3-4,6-7,11H,2,5,8-10H2,1H3,(H2,15,18,19). The van der Waals surface area contributed by atoms with Crippen molar-refractivity contribution in [3.63, 3.8) is 0 Å². The predicted octanol–water partition coefficient (Wildman–Crippen LogP) is 1.60. The van der Waals surface area contributed by atoms with Crippen LogP contribution in [0.25, 0.3) is 0 Å². The minimum absolute atomic E-state index is 0.0936. The van der Waals surface area contributed by atoms with Crippen molar-refractivity contribution in [2.24, 2.45) is 11.1 Å². The lowest BCUT2D eigenvalue weighted by Gasteiger charge is -2.18. The third kappa shape index (κ3) is 3.19. The maximum atomic E-state index is 12.5. The lowest BCUT2D eigenvalue weighted by molar-refractivity contribution is 0.0782. The van der Waals surface area contributed by atoms with Gasteiger partial charge in [0.15, 0.2) is 0 Å². The number of likely N-dealkylation sites (tertiary alicyclic amines) is 1. The Labute approximate surface area is 119 Å². The van der Waals surface area contributed by atoms with Crippen LogP contribution in [-0.2, 0) is 10.0 Å². The van der Waals surface area contributed by atoms with E-state index in [-0.39, 0.29) is 16.4 Å². The number of sulfonamides is 1. The van der Waals surface area contributed by atoms with E-state index in [1.807, 2.05) is 0 Å². The zero-order valence-electron chi connectivity index (χ0n) is 11.6. The third-order valence-corrected chi connectivity index (χ3v) is 4.66. The molecule has 2 rings (SSSR count). The van der Waals surface area contributed by atoms with E-state index in [0.717, 1.165) is 19.3 Å². The normalized spacial score (nSPS) is 19.3. The molecule has 1 unspecified atom stereocenters. The smallest absolute Gasteiger partial charge is 0.255 e. The van der Waals surface area contributed by atoms with Crippen LogP contribution in [0.1, 0.15) is 36.5 Å². The molecule has 1 fully saturated rings. The highest BCUT2D eigenvalue weighted by atomic mass is 32.2. The highest BCUT2D eigenvalue weighted by molar-refractivity contribution is 7.89. The Kier molecular flexibility index (Phi) is 4.45. The molecular formula is C14H20N2O3S. The summed E-state index contributed by atoms with van der Waals surface area (Å²) in [6.45, 7) is 3.51. The van der Waals surface area contributed by atoms with Crippen LogP contribution in [-0.4, -0.2) is 32.3 Å². The molecule has 0 radical (unpaired) electrons. The first-order chi connectivity index (χ1) is 9.43. The molecule has 1 aromatic rings. The first-order valence-electron chi connectivity index (χ1n) is 6.84. The number of nitrogens with two attached hydrogens (primary N) is 1. The van der Waals surface area contributed by atoms with Crippen LogP contribution >= 0.6 is 0 Å². The summed E-state index contributed by atoms with van der Waals surface area (Å²) in [5.74, 6) is 0.277. The van der Waals surface area contributed by atoms with Gasteiger partial charge in [-0.3, -0.25) is 4.79 Å². The van der Waals surface area contributed by atoms with Crippen LogP contribution in [0.2, 0.25) is 0 Å². The molecule has 5 nitrogen and oxygen atoms in total. The second-order valence-corrected chi connectivity index (χ2v) is 6.77. The molecule has 6 heteroatoms. The van der Waals surface area contributed by atoms with Gasteiger partial charge in [0.05, 0.1) is 10.5 Å². The molecule has 110 valence electrons. The minimum Gasteiger partial charge on any atom is -0.338 e. The van der Waals surface area contributed by atoms with Crippen LogP contribution in [0.3, 0.4) is 0 Å². The molecular weight excluding hydrogens is 276 g/mol. The minimum atomic E-state index is -3.88. The Morgan fingerprint density at radius 1 is 1.40 bits per heavy atom. The van der Waals surface area contributed by atoms with Crippen LogP contribution in [0.4, 0.5) is 0 Å². The highest BCUT2D eigenvalue weighted by Crippen LogP contribution is 2.24. The van der Waals surface area contributed by atoms with Crippen molar-refractivity contribution < 1.29 is 13.2 Å². The van der Waals surface area contributed by atoms with Gasteiger partial charge in [0, 0.05) is 13.1 Å². The number of benzene rings is 1. The Balaban J connectivity index is 2.23. The summed E-state index contributed by atoms with van der Waals surface area (Å²) in [7, 11) is -3.88. The molecule has 0 bridgehead atoms. The van der Waals surface area contributed by atoms with Gasteiger partial charge in [-0.1, -0.05) is 25.5 Å². The van der Waals surface area contributed by atoms with Crippen molar-refractivity contribution in [2.75, 3.05) is 13.1 Å². The van der Waals surface area contributed by atoms with E-state index >= 15 is 0 Å². The number of hydrogen-bond donors (Lipinski definition) is 1. The molecule has 1 aliphatic rings. The molecule has 1 amide bonds. The van der Waals surface area contributed by atoms with Gasteiger partial charge in [0.1, 0.15) is 0 Å². The summed E-state index contributed by atoms with van der Waals surface area (Å²) in [6.07, 6.45) is 3.18. The van der Waals surface area contributed by atoms with Crippen molar-refractivity contribution in [3.05, 3.63) is 29.8 Å². The molecule has 1 aliphatic heterocycles. The van der Waals surface area contributed by atoms with Crippen molar-refractivity contribution in [3.8, 4) is 0 Å². The van der Waals surface area contributed by atoms with Gasteiger partial charge in [-0.2, -0.15) is 0 Å². The lowest BCUT2D eigenvalue weighted by Crippen LogP contribution is -2.30. The van der Waals surface area contributed by atoms with Crippen LogP contribution in [0, 0.1) is 5.92 Å². The largest absolute Gasteiger partial charge is 0.338 e. The van der Waals surface area contributed by atoms with Gasteiger partial charge in [0.2, 0.25) is 10.0 Å². The topological polar surface area (TPSA) is 80.5 Å². The van der Waals surface area contributed by atoms with Crippen LogP contribution in [0.5, 0.6) is 0 Å². The zero-order chi connectivity index (χ0) is 14.8. The summed E-state index contributed by atoms with van der Waals surface area (Å²) >= 11 is 0. The van der Waals surface area contributed by atoms with Gasteiger partial charge < -0.3 is 4.90 Å². The van der Waals surface area contributed by atoms with Crippen molar-refractivity contribution in [2.45, 2.75) is 31.1 Å². The average molecular weight is 296 g/mol. The molecule has 0 aliphatic carbocycles. The number of nitrogens with zero attached hydrogens (tertiary/aromatic N) is 1. The Morgan fingerprint density at radius 2 is 2.10 bits per heavy atom. The number of carbonyl (C=O) groups is 1. The molecule has 1 atom stereocenters. The number of carbonyl (C=O) groups excluding carboxylic acids is 1. The van der Waals surface area contributed by atoms with Gasteiger partial charge in [-0.05, 0) is 30.9 Å². The van der Waals surface area contributed by atoms with E-state index < -0.39 is 10.0 Å². The Hall–Kier alpha value is -1.40. The average Bonchev–Trinajstić information content (AvgIpc) is 2.86. The maximum absolute atomic E-state index is 12.5. The van der Waals surface area contributed by atoms with Gasteiger partial charge in [0.25, 0.3) is 5.91 Å². The van der Waals surface area contributed by atoms with Crippen LogP contribution in [0.15, 0.2) is 29.2 Å². The van der Waals surface area contributed by atoms with E-state index in [1.54, 1.807) is 17.0 Å². The van der Waals surface area contributed by atoms with E-state index in [2.05, 4.69) is 6.92 Å². The Morgan fingerprint density at radius 3 is 2.75 bits per heavy atom. The number of hydrogen-bond acceptors (Lipinski definition) is 3. The fourth-order valence-electron chi connectivity index (χ4n) is 2.72. The molecule has 2 N–H and O–H groups in total. The van der Waals surface area contributed by atoms with Gasteiger partial charge in [-0.25, -0.2) is 13.6 Å². The molecule has 20 heavy (non-hydrogen) atoms. The van der Waals surface area contributed by atoms with E-state index in [4.69, 9.17) is 5.14 Å². The van der Waals surface area contributed by atoms with Gasteiger partial charge >= 0.3 is 0 Å². The molecule has 0 saturated carbocycles. The molecule has 0 aromatic heterocycles. The first-order valence-corrected chi connectivity index (χ1v) is 8.39. The van der Waals surface area contributed by atoms with Crippen molar-refractivity contribution in [1.29, 1.82) is 0 Å². The van der Waals surface area contributed by atoms with Gasteiger partial charge in [-0.15, -0.1) is 0 Å². The second-order valence-electron chi connectivity index (χ2n) is 5.24.